The van der Waals surface area contributed by atoms with Crippen LogP contribution < -0.4 is 5.32 Å². The molecule has 0 saturated carbocycles. The highest BCUT2D eigenvalue weighted by atomic mass is 16.2. The SMILES string of the molecule is CC[C@H](C)NC(=O)[C@@]1(C)CCC(=O)N1CCc1ccc(C)cc1. The zero-order valence-corrected chi connectivity index (χ0v) is 14.7. The normalized spacial score (nSPS) is 22.3. The largest absolute Gasteiger partial charge is 0.352 e. The smallest absolute Gasteiger partial charge is 0.245 e. The zero-order valence-electron chi connectivity index (χ0n) is 14.7. The number of carbonyl (C=O) groups excluding carboxylic acids is 2. The molecular formula is C19H28N2O2. The summed E-state index contributed by atoms with van der Waals surface area (Å²) in [6.45, 7) is 8.58. The molecule has 4 nitrogen and oxygen atoms in total. The molecule has 0 aliphatic carbocycles. The van der Waals surface area contributed by atoms with Crippen molar-refractivity contribution in [2.24, 2.45) is 0 Å². The van der Waals surface area contributed by atoms with Crippen molar-refractivity contribution in [1.82, 2.24) is 10.2 Å². The molecule has 1 heterocycles. The molecule has 1 aliphatic heterocycles. The molecular weight excluding hydrogens is 288 g/mol. The summed E-state index contributed by atoms with van der Waals surface area (Å²) in [4.78, 5) is 26.7. The quantitative estimate of drug-likeness (QED) is 0.877. The van der Waals surface area contributed by atoms with Crippen LogP contribution >= 0.6 is 0 Å². The number of hydrogen-bond donors (Lipinski definition) is 1. The van der Waals surface area contributed by atoms with Crippen LogP contribution in [0.25, 0.3) is 0 Å². The minimum Gasteiger partial charge on any atom is -0.352 e. The highest BCUT2D eigenvalue weighted by Gasteiger charge is 2.47. The van der Waals surface area contributed by atoms with Crippen LogP contribution in [0.3, 0.4) is 0 Å². The highest BCUT2D eigenvalue weighted by Crippen LogP contribution is 2.30. The Hall–Kier alpha value is -1.84. The van der Waals surface area contributed by atoms with Gasteiger partial charge in [0.2, 0.25) is 11.8 Å². The van der Waals surface area contributed by atoms with E-state index in [0.29, 0.717) is 19.4 Å². The van der Waals surface area contributed by atoms with Crippen molar-refractivity contribution in [3.8, 4) is 0 Å². The first-order valence-electron chi connectivity index (χ1n) is 8.54. The van der Waals surface area contributed by atoms with E-state index in [1.165, 1.54) is 11.1 Å². The monoisotopic (exact) mass is 316 g/mol. The van der Waals surface area contributed by atoms with Crippen molar-refractivity contribution in [1.29, 1.82) is 0 Å². The average Bonchev–Trinajstić information content (AvgIpc) is 2.83. The van der Waals surface area contributed by atoms with Crippen LogP contribution in [0.1, 0.15) is 51.2 Å². The fourth-order valence-electron chi connectivity index (χ4n) is 2.98. The molecule has 1 fully saturated rings. The van der Waals surface area contributed by atoms with Crippen LogP contribution in [0.15, 0.2) is 24.3 Å². The Bertz CT molecular complexity index is 567. The predicted molar refractivity (Wildman–Crippen MR) is 92.1 cm³/mol. The number of nitrogens with zero attached hydrogens (tertiary/aromatic N) is 1. The lowest BCUT2D eigenvalue weighted by molar-refractivity contribution is -0.140. The van der Waals surface area contributed by atoms with Gasteiger partial charge in [-0.05, 0) is 45.6 Å². The number of hydrogen-bond acceptors (Lipinski definition) is 2. The van der Waals surface area contributed by atoms with Gasteiger partial charge in [-0.3, -0.25) is 9.59 Å². The Balaban J connectivity index is 2.06. The summed E-state index contributed by atoms with van der Waals surface area (Å²) in [5.74, 6) is 0.0560. The van der Waals surface area contributed by atoms with Gasteiger partial charge in [-0.1, -0.05) is 36.8 Å². The van der Waals surface area contributed by atoms with Gasteiger partial charge in [-0.2, -0.15) is 0 Å². The molecule has 1 N–H and O–H groups in total. The van der Waals surface area contributed by atoms with Crippen LogP contribution in [0.4, 0.5) is 0 Å². The third-order valence-electron chi connectivity index (χ3n) is 4.95. The maximum atomic E-state index is 12.6. The van der Waals surface area contributed by atoms with E-state index in [1.807, 2.05) is 20.8 Å². The number of benzene rings is 1. The second-order valence-electron chi connectivity index (χ2n) is 6.84. The van der Waals surface area contributed by atoms with Crippen molar-refractivity contribution >= 4 is 11.8 Å². The number of aryl methyl sites for hydroxylation is 1. The number of rotatable bonds is 6. The minimum absolute atomic E-state index is 0.0263. The van der Waals surface area contributed by atoms with Crippen LogP contribution in [0.2, 0.25) is 0 Å². The maximum Gasteiger partial charge on any atom is 0.245 e. The topological polar surface area (TPSA) is 49.4 Å². The van der Waals surface area contributed by atoms with E-state index in [1.54, 1.807) is 4.90 Å². The van der Waals surface area contributed by atoms with Gasteiger partial charge in [0.1, 0.15) is 5.54 Å². The Morgan fingerprint density at radius 1 is 1.35 bits per heavy atom. The second-order valence-corrected chi connectivity index (χ2v) is 6.84. The molecule has 2 amide bonds. The molecule has 0 aromatic heterocycles. The first-order chi connectivity index (χ1) is 10.9. The Labute approximate surface area is 139 Å². The Morgan fingerprint density at radius 2 is 2.00 bits per heavy atom. The molecule has 1 aromatic rings. The van der Waals surface area contributed by atoms with E-state index >= 15 is 0 Å². The highest BCUT2D eigenvalue weighted by molar-refractivity contribution is 5.94. The van der Waals surface area contributed by atoms with E-state index in [-0.39, 0.29) is 17.9 Å². The first-order valence-corrected chi connectivity index (χ1v) is 8.54. The lowest BCUT2D eigenvalue weighted by Gasteiger charge is -2.35. The Kier molecular flexibility index (Phi) is 5.45. The fraction of sp³-hybridized carbons (Fsp3) is 0.579. The van der Waals surface area contributed by atoms with Gasteiger partial charge in [0.25, 0.3) is 0 Å². The van der Waals surface area contributed by atoms with Crippen LogP contribution in [-0.4, -0.2) is 34.8 Å². The molecule has 2 rings (SSSR count). The molecule has 0 unspecified atom stereocenters. The summed E-state index contributed by atoms with van der Waals surface area (Å²) in [6, 6.07) is 8.47. The van der Waals surface area contributed by atoms with E-state index in [0.717, 1.165) is 12.8 Å². The third kappa shape index (κ3) is 3.92. The molecule has 1 aromatic carbocycles. The lowest BCUT2D eigenvalue weighted by atomic mass is 9.96. The van der Waals surface area contributed by atoms with E-state index in [9.17, 15) is 9.59 Å². The summed E-state index contributed by atoms with van der Waals surface area (Å²) in [5, 5.41) is 3.04. The van der Waals surface area contributed by atoms with Crippen molar-refractivity contribution < 1.29 is 9.59 Å². The van der Waals surface area contributed by atoms with Crippen LogP contribution in [0.5, 0.6) is 0 Å². The van der Waals surface area contributed by atoms with Crippen molar-refractivity contribution in [2.75, 3.05) is 6.54 Å². The van der Waals surface area contributed by atoms with Gasteiger partial charge >= 0.3 is 0 Å². The van der Waals surface area contributed by atoms with Crippen LogP contribution in [-0.2, 0) is 16.0 Å². The second kappa shape index (κ2) is 7.16. The Morgan fingerprint density at radius 3 is 2.61 bits per heavy atom. The minimum atomic E-state index is -0.717. The third-order valence-corrected chi connectivity index (χ3v) is 4.95. The molecule has 0 radical (unpaired) electrons. The van der Waals surface area contributed by atoms with Gasteiger partial charge in [-0.25, -0.2) is 0 Å². The number of nitrogens with one attached hydrogen (secondary N) is 1. The first kappa shape index (κ1) is 17.5. The zero-order chi connectivity index (χ0) is 17.0. The van der Waals surface area contributed by atoms with Gasteiger partial charge in [0, 0.05) is 19.0 Å². The number of likely N-dealkylation sites (tertiary alicyclic amines) is 1. The molecule has 0 spiro atoms. The maximum absolute atomic E-state index is 12.6. The summed E-state index contributed by atoms with van der Waals surface area (Å²) < 4.78 is 0. The molecule has 126 valence electrons. The molecule has 23 heavy (non-hydrogen) atoms. The number of carbonyl (C=O) groups is 2. The van der Waals surface area contributed by atoms with Gasteiger partial charge in [-0.15, -0.1) is 0 Å². The number of amides is 2. The molecule has 1 saturated heterocycles. The lowest BCUT2D eigenvalue weighted by Crippen LogP contribution is -2.56. The fourth-order valence-corrected chi connectivity index (χ4v) is 2.98. The average molecular weight is 316 g/mol. The van der Waals surface area contributed by atoms with Crippen molar-refractivity contribution in [3.05, 3.63) is 35.4 Å². The summed E-state index contributed by atoms with van der Waals surface area (Å²) in [6.07, 6.45) is 2.72. The van der Waals surface area contributed by atoms with E-state index in [4.69, 9.17) is 0 Å². The molecule has 4 heteroatoms. The predicted octanol–water partition coefficient (Wildman–Crippen LogP) is 2.83. The van der Waals surface area contributed by atoms with Gasteiger partial charge in [0.15, 0.2) is 0 Å². The standard InChI is InChI=1S/C19H28N2O2/c1-5-15(3)20-18(23)19(4)12-10-17(22)21(19)13-11-16-8-6-14(2)7-9-16/h6-9,15H,5,10-13H2,1-4H3,(H,20,23)/t15-,19+/m0/s1. The van der Waals surface area contributed by atoms with Gasteiger partial charge < -0.3 is 10.2 Å². The van der Waals surface area contributed by atoms with Gasteiger partial charge in [0.05, 0.1) is 0 Å². The van der Waals surface area contributed by atoms with E-state index in [2.05, 4.69) is 36.5 Å². The summed E-state index contributed by atoms with van der Waals surface area (Å²) >= 11 is 0. The molecule has 2 atom stereocenters. The van der Waals surface area contributed by atoms with Crippen molar-refractivity contribution in [2.45, 2.75) is 65.0 Å². The van der Waals surface area contributed by atoms with Crippen LogP contribution in [0, 0.1) is 6.92 Å². The van der Waals surface area contributed by atoms with E-state index < -0.39 is 5.54 Å². The van der Waals surface area contributed by atoms with Crippen molar-refractivity contribution in [3.63, 3.8) is 0 Å². The molecule has 0 bridgehead atoms. The summed E-state index contributed by atoms with van der Waals surface area (Å²) in [7, 11) is 0. The summed E-state index contributed by atoms with van der Waals surface area (Å²) in [5.41, 5.74) is 1.70. The molecule has 1 aliphatic rings.